The highest BCUT2D eigenvalue weighted by Crippen LogP contribution is 2.24. The topological polar surface area (TPSA) is 62.1 Å². The van der Waals surface area contributed by atoms with E-state index in [0.717, 1.165) is 27.2 Å². The normalized spacial score (nSPS) is 10.5. The molecule has 0 amide bonds. The minimum Gasteiger partial charge on any atom is -0.496 e. The molecule has 0 bridgehead atoms. The van der Waals surface area contributed by atoms with Crippen LogP contribution in [0, 0.1) is 0 Å². The summed E-state index contributed by atoms with van der Waals surface area (Å²) in [6.07, 6.45) is 1.54. The minimum absolute atomic E-state index is 0.423. The molecule has 0 aliphatic carbocycles. The Balaban J connectivity index is 1.70. The van der Waals surface area contributed by atoms with Crippen LogP contribution in [0.1, 0.15) is 5.56 Å². The van der Waals surface area contributed by atoms with Crippen molar-refractivity contribution in [2.24, 2.45) is 0 Å². The van der Waals surface area contributed by atoms with Crippen molar-refractivity contribution in [2.75, 3.05) is 7.11 Å². The van der Waals surface area contributed by atoms with Gasteiger partial charge < -0.3 is 9.47 Å². The van der Waals surface area contributed by atoms with Crippen molar-refractivity contribution in [1.29, 1.82) is 0 Å². The van der Waals surface area contributed by atoms with Crippen LogP contribution in [0.3, 0.4) is 0 Å². The molecule has 3 rings (SSSR count). The second-order valence-corrected chi connectivity index (χ2v) is 5.41. The molecule has 0 aliphatic rings. The molecule has 1 heterocycles. The molecule has 2 aromatic carbocycles. The Morgan fingerprint density at radius 3 is 2.64 bits per heavy atom. The molecule has 0 aliphatic heterocycles. The van der Waals surface area contributed by atoms with Crippen molar-refractivity contribution in [2.45, 2.75) is 6.61 Å². The fraction of sp³-hybridized carbons (Fsp3) is 0.133. The summed E-state index contributed by atoms with van der Waals surface area (Å²) in [5, 5.41) is 11.0. The number of hydrogen-bond donors (Lipinski definition) is 0. The number of ether oxygens (including phenoxy) is 2. The highest BCUT2D eigenvalue weighted by atomic mass is 79.9. The van der Waals surface area contributed by atoms with E-state index in [2.05, 4.69) is 31.5 Å². The molecule has 0 unspecified atom stereocenters. The maximum atomic E-state index is 5.80. The number of hydrogen-bond acceptors (Lipinski definition) is 5. The van der Waals surface area contributed by atoms with Crippen LogP contribution in [-0.2, 0) is 6.61 Å². The summed E-state index contributed by atoms with van der Waals surface area (Å²) in [6.45, 7) is 0.423. The number of nitrogens with zero attached hydrogens (tertiary/aromatic N) is 4. The lowest BCUT2D eigenvalue weighted by molar-refractivity contribution is 0.296. The largest absolute Gasteiger partial charge is 0.496 e. The van der Waals surface area contributed by atoms with Crippen LogP contribution in [0.2, 0.25) is 0 Å². The van der Waals surface area contributed by atoms with Gasteiger partial charge in [-0.1, -0.05) is 15.9 Å². The summed E-state index contributed by atoms with van der Waals surface area (Å²) >= 11 is 3.45. The van der Waals surface area contributed by atoms with E-state index < -0.39 is 0 Å². The van der Waals surface area contributed by atoms with Gasteiger partial charge in [0.05, 0.1) is 12.8 Å². The lowest BCUT2D eigenvalue weighted by Gasteiger charge is -2.11. The number of halogens is 1. The first-order valence-electron chi connectivity index (χ1n) is 6.55. The van der Waals surface area contributed by atoms with Crippen LogP contribution in [0.15, 0.2) is 53.3 Å². The van der Waals surface area contributed by atoms with Crippen LogP contribution < -0.4 is 9.47 Å². The number of aromatic nitrogens is 4. The summed E-state index contributed by atoms with van der Waals surface area (Å²) in [5.74, 6) is 1.56. The quantitative estimate of drug-likeness (QED) is 0.699. The molecule has 6 nitrogen and oxygen atoms in total. The molecule has 112 valence electrons. The molecule has 0 saturated heterocycles. The third kappa shape index (κ3) is 3.25. The smallest absolute Gasteiger partial charge is 0.143 e. The predicted molar refractivity (Wildman–Crippen MR) is 84.2 cm³/mol. The molecule has 0 radical (unpaired) electrons. The number of methoxy groups -OCH3 is 1. The first kappa shape index (κ1) is 14.5. The van der Waals surface area contributed by atoms with Crippen molar-refractivity contribution in [3.05, 3.63) is 58.8 Å². The highest BCUT2D eigenvalue weighted by Gasteiger charge is 2.05. The zero-order chi connectivity index (χ0) is 15.4. The molecule has 7 heteroatoms. The van der Waals surface area contributed by atoms with Gasteiger partial charge in [0, 0.05) is 10.0 Å². The van der Waals surface area contributed by atoms with Crippen molar-refractivity contribution in [3.63, 3.8) is 0 Å². The highest BCUT2D eigenvalue weighted by molar-refractivity contribution is 9.10. The van der Waals surface area contributed by atoms with Gasteiger partial charge in [0.2, 0.25) is 0 Å². The second kappa shape index (κ2) is 6.57. The zero-order valence-electron chi connectivity index (χ0n) is 11.8. The molecule has 0 fully saturated rings. The Bertz CT molecular complexity index is 745. The Morgan fingerprint density at radius 1 is 1.14 bits per heavy atom. The van der Waals surface area contributed by atoms with Crippen LogP contribution in [0.5, 0.6) is 11.5 Å². The molecule has 0 atom stereocenters. The lowest BCUT2D eigenvalue weighted by Crippen LogP contribution is -1.99. The monoisotopic (exact) mass is 360 g/mol. The molecule has 3 aromatic rings. The molecule has 0 N–H and O–H groups in total. The van der Waals surface area contributed by atoms with Gasteiger partial charge in [-0.3, -0.25) is 0 Å². The number of tetrazole rings is 1. The van der Waals surface area contributed by atoms with E-state index in [9.17, 15) is 0 Å². The van der Waals surface area contributed by atoms with E-state index in [-0.39, 0.29) is 0 Å². The number of rotatable bonds is 5. The standard InChI is InChI=1S/C15H13BrN4O2/c1-21-15-7-2-12(16)8-11(15)9-22-14-5-3-13(4-6-14)20-10-17-18-19-20/h2-8,10H,9H2,1H3. The van der Waals surface area contributed by atoms with Gasteiger partial charge in [-0.05, 0) is 52.9 Å². The van der Waals surface area contributed by atoms with Gasteiger partial charge in [0.15, 0.2) is 0 Å². The zero-order valence-corrected chi connectivity index (χ0v) is 13.4. The average molecular weight is 361 g/mol. The molecule has 22 heavy (non-hydrogen) atoms. The molecular formula is C15H13BrN4O2. The molecule has 0 spiro atoms. The molecule has 1 aromatic heterocycles. The van der Waals surface area contributed by atoms with Gasteiger partial charge >= 0.3 is 0 Å². The van der Waals surface area contributed by atoms with E-state index in [1.807, 2.05) is 42.5 Å². The molecular weight excluding hydrogens is 348 g/mol. The third-order valence-electron chi connectivity index (χ3n) is 3.09. The first-order valence-corrected chi connectivity index (χ1v) is 7.34. The Labute approximate surface area is 135 Å². The fourth-order valence-corrected chi connectivity index (χ4v) is 2.40. The van der Waals surface area contributed by atoms with Gasteiger partial charge in [0.25, 0.3) is 0 Å². The summed E-state index contributed by atoms with van der Waals surface area (Å²) < 4.78 is 13.7. The van der Waals surface area contributed by atoms with Crippen LogP contribution >= 0.6 is 15.9 Å². The van der Waals surface area contributed by atoms with E-state index in [1.54, 1.807) is 18.1 Å². The Morgan fingerprint density at radius 2 is 1.95 bits per heavy atom. The van der Waals surface area contributed by atoms with Crippen LogP contribution in [0.25, 0.3) is 5.69 Å². The summed E-state index contributed by atoms with van der Waals surface area (Å²) in [5.41, 5.74) is 1.85. The third-order valence-corrected chi connectivity index (χ3v) is 3.58. The van der Waals surface area contributed by atoms with Crippen LogP contribution in [-0.4, -0.2) is 27.3 Å². The Hall–Kier alpha value is -2.41. The summed E-state index contributed by atoms with van der Waals surface area (Å²) in [4.78, 5) is 0. The molecule has 0 saturated carbocycles. The van der Waals surface area contributed by atoms with E-state index in [0.29, 0.717) is 6.61 Å². The maximum Gasteiger partial charge on any atom is 0.143 e. The fourth-order valence-electron chi connectivity index (χ4n) is 2.00. The van der Waals surface area contributed by atoms with Gasteiger partial charge in [-0.15, -0.1) is 5.10 Å². The minimum atomic E-state index is 0.423. The van der Waals surface area contributed by atoms with Crippen molar-refractivity contribution in [3.8, 4) is 17.2 Å². The van der Waals surface area contributed by atoms with Crippen molar-refractivity contribution >= 4 is 15.9 Å². The van der Waals surface area contributed by atoms with Crippen molar-refractivity contribution < 1.29 is 9.47 Å². The van der Waals surface area contributed by atoms with Crippen molar-refractivity contribution in [1.82, 2.24) is 20.2 Å². The Kier molecular flexibility index (Phi) is 4.34. The van der Waals surface area contributed by atoms with Crippen LogP contribution in [0.4, 0.5) is 0 Å². The average Bonchev–Trinajstić information content (AvgIpc) is 3.08. The second-order valence-electron chi connectivity index (χ2n) is 4.49. The predicted octanol–water partition coefficient (Wildman–Crippen LogP) is 3.01. The lowest BCUT2D eigenvalue weighted by atomic mass is 10.2. The summed E-state index contributed by atoms with van der Waals surface area (Å²) in [6, 6.07) is 13.4. The summed E-state index contributed by atoms with van der Waals surface area (Å²) in [7, 11) is 1.65. The SMILES string of the molecule is COc1ccc(Br)cc1COc1ccc(-n2cnnn2)cc1. The van der Waals surface area contributed by atoms with Gasteiger partial charge in [-0.25, -0.2) is 4.68 Å². The van der Waals surface area contributed by atoms with E-state index >= 15 is 0 Å². The van der Waals surface area contributed by atoms with E-state index in [1.165, 1.54) is 0 Å². The van der Waals surface area contributed by atoms with Gasteiger partial charge in [-0.2, -0.15) is 0 Å². The number of benzene rings is 2. The van der Waals surface area contributed by atoms with E-state index in [4.69, 9.17) is 9.47 Å². The first-order chi connectivity index (χ1) is 10.8. The van der Waals surface area contributed by atoms with Gasteiger partial charge in [0.1, 0.15) is 24.4 Å². The maximum absolute atomic E-state index is 5.80.